The van der Waals surface area contributed by atoms with Crippen LogP contribution in [0.3, 0.4) is 0 Å². The summed E-state index contributed by atoms with van der Waals surface area (Å²) in [6, 6.07) is 49.6. The molecule has 0 aliphatic carbocycles. The molecule has 0 bridgehead atoms. The fraction of sp³-hybridized carbons (Fsp3) is 0.260. The fourth-order valence-electron chi connectivity index (χ4n) is 7.51. The van der Waals surface area contributed by atoms with Crippen molar-refractivity contribution in [3.8, 4) is 11.1 Å². The van der Waals surface area contributed by atoms with E-state index >= 15 is 0 Å². The number of nitrogens with one attached hydrogen (secondary N) is 2. The molecule has 0 radical (unpaired) electrons. The number of amides is 1. The Kier molecular flexibility index (Phi) is 14.0. The zero-order valence-electron chi connectivity index (χ0n) is 34.3. The molecule has 310 valence electrons. The molecule has 5 atom stereocenters. The third kappa shape index (κ3) is 11.0. The number of nitrogens with zero attached hydrogens (tertiary/aromatic N) is 1. The van der Waals surface area contributed by atoms with Gasteiger partial charge in [0.15, 0.2) is 6.29 Å². The van der Waals surface area contributed by atoms with Gasteiger partial charge >= 0.3 is 0 Å². The number of aliphatic hydroxyl groups is 1. The number of aliphatic hydroxyl groups excluding tert-OH is 1. The van der Waals surface area contributed by atoms with Crippen molar-refractivity contribution in [3.63, 3.8) is 0 Å². The number of ether oxygens (including phenoxy) is 2. The van der Waals surface area contributed by atoms with E-state index in [0.717, 1.165) is 44.5 Å². The summed E-state index contributed by atoms with van der Waals surface area (Å²) < 4.78 is 42.7. The maximum atomic E-state index is 13.7. The summed E-state index contributed by atoms with van der Waals surface area (Å²) in [6.45, 7) is 5.01. The third-order valence-electron chi connectivity index (χ3n) is 11.2. The number of hydrogen-bond donors (Lipinski definition) is 3. The molecule has 7 rings (SSSR count). The van der Waals surface area contributed by atoms with Crippen LogP contribution < -0.4 is 10.0 Å². The Labute approximate surface area is 354 Å². The second-order valence-electron chi connectivity index (χ2n) is 15.6. The van der Waals surface area contributed by atoms with E-state index < -0.39 is 28.3 Å². The van der Waals surface area contributed by atoms with E-state index in [4.69, 9.17) is 9.47 Å². The van der Waals surface area contributed by atoms with Gasteiger partial charge in [0.2, 0.25) is 15.9 Å². The summed E-state index contributed by atoms with van der Waals surface area (Å²) in [5.41, 5.74) is 8.65. The maximum absolute atomic E-state index is 13.7. The van der Waals surface area contributed by atoms with E-state index in [1.165, 1.54) is 5.56 Å². The van der Waals surface area contributed by atoms with E-state index in [-0.39, 0.29) is 42.7 Å². The molecule has 1 saturated heterocycles. The molecule has 6 aromatic carbocycles. The summed E-state index contributed by atoms with van der Waals surface area (Å²) in [5, 5.41) is 12.6. The van der Waals surface area contributed by atoms with Crippen LogP contribution in [-0.4, -0.2) is 50.1 Å². The number of sulfonamides is 1. The Bertz CT molecular complexity index is 2410. The summed E-state index contributed by atoms with van der Waals surface area (Å²) in [7, 11) is -1.83. The van der Waals surface area contributed by atoms with Crippen molar-refractivity contribution in [3.05, 3.63) is 197 Å². The van der Waals surface area contributed by atoms with Gasteiger partial charge in [-0.3, -0.25) is 9.69 Å². The highest BCUT2D eigenvalue weighted by atomic mass is 32.2. The normalized spacial score (nSPS) is 17.9. The topological polar surface area (TPSA) is 117 Å². The molecule has 5 unspecified atom stereocenters. The summed E-state index contributed by atoms with van der Waals surface area (Å²) >= 11 is 0. The highest BCUT2D eigenvalue weighted by Crippen LogP contribution is 2.39. The van der Waals surface area contributed by atoms with Gasteiger partial charge in [0.25, 0.3) is 0 Å². The lowest BCUT2D eigenvalue weighted by Gasteiger charge is -2.39. The molecule has 1 fully saturated rings. The minimum Gasteiger partial charge on any atom is -0.392 e. The zero-order chi connectivity index (χ0) is 42.1. The number of likely N-dealkylation sites (N-methyl/N-ethyl adjacent to an activating group) is 1. The highest BCUT2D eigenvalue weighted by Gasteiger charge is 2.33. The number of hydrogen-bond acceptors (Lipinski definition) is 7. The first-order chi connectivity index (χ1) is 29.0. The molecule has 10 heteroatoms. The molecule has 1 aliphatic rings. The van der Waals surface area contributed by atoms with Crippen molar-refractivity contribution in [1.82, 2.24) is 14.9 Å². The van der Waals surface area contributed by atoms with Gasteiger partial charge in [-0.2, -0.15) is 4.72 Å². The minimum absolute atomic E-state index is 0.0136. The lowest BCUT2D eigenvalue weighted by atomic mass is 9.98. The standard InChI is InChI=1S/C50H53N3O6S/c1-35-17-27-46(28-18-35)60(56,57)52-47(30-37-11-6-4-7-12-37)49(55)51-32-39-13-10-16-44(29-39)41-23-25-43(26-24-41)50-58-45(33-53(3)36(2)40-14-8-5-9-15-40)31-48(59-50)42-21-19-38(34-54)20-22-42/h4-29,36,45,47-48,50,52,54H,30-34H2,1-3H3,(H,51,55). The first-order valence-electron chi connectivity index (χ1n) is 20.4. The number of carbonyl (C=O) groups is 1. The van der Waals surface area contributed by atoms with Crippen LogP contribution in [0.1, 0.15) is 70.7 Å². The number of carbonyl (C=O) groups excluding carboxylic acids is 1. The van der Waals surface area contributed by atoms with Gasteiger partial charge in [0.05, 0.1) is 23.7 Å². The lowest BCUT2D eigenvalue weighted by molar-refractivity contribution is -0.253. The van der Waals surface area contributed by atoms with Crippen molar-refractivity contribution in [2.24, 2.45) is 0 Å². The molecule has 0 saturated carbocycles. The maximum Gasteiger partial charge on any atom is 0.241 e. The quantitative estimate of drug-likeness (QED) is 0.0896. The van der Waals surface area contributed by atoms with Gasteiger partial charge in [-0.25, -0.2) is 8.42 Å². The fourth-order valence-corrected chi connectivity index (χ4v) is 8.71. The van der Waals surface area contributed by atoms with Gasteiger partial charge in [0.1, 0.15) is 6.04 Å². The van der Waals surface area contributed by atoms with E-state index in [0.29, 0.717) is 13.0 Å². The number of benzene rings is 6. The van der Waals surface area contributed by atoms with Crippen LogP contribution in [0.15, 0.2) is 163 Å². The van der Waals surface area contributed by atoms with Crippen molar-refractivity contribution in [2.75, 3.05) is 13.6 Å². The van der Waals surface area contributed by atoms with Crippen molar-refractivity contribution < 1.29 is 27.8 Å². The minimum atomic E-state index is -3.96. The van der Waals surface area contributed by atoms with Crippen LogP contribution in [0, 0.1) is 6.92 Å². The average molecular weight is 824 g/mol. The van der Waals surface area contributed by atoms with Crippen molar-refractivity contribution >= 4 is 15.9 Å². The van der Waals surface area contributed by atoms with E-state index in [1.807, 2.05) is 116 Å². The second kappa shape index (κ2) is 19.7. The van der Waals surface area contributed by atoms with Crippen LogP contribution in [0.2, 0.25) is 0 Å². The molecule has 1 aliphatic heterocycles. The summed E-state index contributed by atoms with van der Waals surface area (Å²) in [4.78, 5) is 16.1. The van der Waals surface area contributed by atoms with Gasteiger partial charge in [-0.15, -0.1) is 0 Å². The summed E-state index contributed by atoms with van der Waals surface area (Å²) in [6.07, 6.45) is 0.000392. The predicted molar refractivity (Wildman–Crippen MR) is 235 cm³/mol. The molecule has 6 aromatic rings. The molecule has 1 amide bonds. The van der Waals surface area contributed by atoms with Gasteiger partial charge < -0.3 is 19.9 Å². The molecule has 3 N–H and O–H groups in total. The molecule has 0 spiro atoms. The van der Waals surface area contributed by atoms with Gasteiger partial charge in [0, 0.05) is 31.1 Å². The highest BCUT2D eigenvalue weighted by molar-refractivity contribution is 7.89. The second-order valence-corrected chi connectivity index (χ2v) is 17.3. The Morgan fingerprint density at radius 1 is 0.750 bits per heavy atom. The molecule has 0 aromatic heterocycles. The smallest absolute Gasteiger partial charge is 0.241 e. The van der Waals surface area contributed by atoms with Crippen LogP contribution in [-0.2, 0) is 43.9 Å². The van der Waals surface area contributed by atoms with Crippen LogP contribution in [0.25, 0.3) is 11.1 Å². The largest absolute Gasteiger partial charge is 0.392 e. The summed E-state index contributed by atoms with van der Waals surface area (Å²) in [5.74, 6) is -0.418. The Hall–Kier alpha value is -5.46. The predicted octanol–water partition coefficient (Wildman–Crippen LogP) is 8.60. The van der Waals surface area contributed by atoms with Crippen LogP contribution in [0.4, 0.5) is 0 Å². The van der Waals surface area contributed by atoms with Gasteiger partial charge in [-0.1, -0.05) is 145 Å². The SMILES string of the molecule is Cc1ccc(S(=O)(=O)NC(Cc2ccccc2)C(=O)NCc2cccc(-c3ccc(C4OC(CN(C)C(C)c5ccccc5)CC(c5ccc(CO)cc5)O4)cc3)c2)cc1. The Morgan fingerprint density at radius 2 is 1.40 bits per heavy atom. The van der Waals surface area contributed by atoms with E-state index in [2.05, 4.69) is 53.2 Å². The van der Waals surface area contributed by atoms with Gasteiger partial charge in [-0.05, 0) is 84.5 Å². The van der Waals surface area contributed by atoms with Crippen LogP contribution >= 0.6 is 0 Å². The molecule has 1 heterocycles. The van der Waals surface area contributed by atoms with E-state index in [9.17, 15) is 18.3 Å². The zero-order valence-corrected chi connectivity index (χ0v) is 35.1. The first-order valence-corrected chi connectivity index (χ1v) is 21.9. The first kappa shape index (κ1) is 42.7. The Balaban J connectivity index is 1.04. The Morgan fingerprint density at radius 3 is 2.08 bits per heavy atom. The van der Waals surface area contributed by atoms with Crippen molar-refractivity contribution in [2.45, 2.75) is 75.3 Å². The molecule has 60 heavy (non-hydrogen) atoms. The average Bonchev–Trinajstić information content (AvgIpc) is 3.28. The molecular weight excluding hydrogens is 771 g/mol. The molecule has 9 nitrogen and oxygen atoms in total. The van der Waals surface area contributed by atoms with E-state index in [1.54, 1.807) is 24.3 Å². The van der Waals surface area contributed by atoms with Crippen molar-refractivity contribution in [1.29, 1.82) is 0 Å². The monoisotopic (exact) mass is 823 g/mol. The van der Waals surface area contributed by atoms with Crippen LogP contribution in [0.5, 0.6) is 0 Å². The molecular formula is C50H53N3O6S. The number of rotatable bonds is 16. The third-order valence-corrected chi connectivity index (χ3v) is 12.7. The lowest BCUT2D eigenvalue weighted by Crippen LogP contribution is -2.47. The number of aryl methyl sites for hydroxylation is 1.